The Balaban J connectivity index is 2.00. The first-order chi connectivity index (χ1) is 9.19. The molecule has 2 rings (SSSR count). The summed E-state index contributed by atoms with van der Waals surface area (Å²) in [6.07, 6.45) is 6.09. The van der Waals surface area contributed by atoms with Gasteiger partial charge in [-0.15, -0.1) is 0 Å². The Morgan fingerprint density at radius 1 is 1.37 bits per heavy atom. The number of rotatable bonds is 4. The number of carbonyl (C=O) groups is 2. The maximum atomic E-state index is 11.8. The van der Waals surface area contributed by atoms with Gasteiger partial charge in [0.1, 0.15) is 6.54 Å². The summed E-state index contributed by atoms with van der Waals surface area (Å²) < 4.78 is 5.90. The maximum Gasteiger partial charge on any atom is 0.327 e. The fraction of sp³-hybridized carbons (Fsp3) is 0.167. The quantitative estimate of drug-likeness (QED) is 0.818. The summed E-state index contributed by atoms with van der Waals surface area (Å²) in [6.45, 7) is 0.00161. The van der Waals surface area contributed by atoms with Crippen LogP contribution in [-0.4, -0.2) is 33.8 Å². The van der Waals surface area contributed by atoms with Gasteiger partial charge in [-0.1, -0.05) is 0 Å². The molecule has 2 heterocycles. The molecule has 0 aromatic carbocycles. The van der Waals surface area contributed by atoms with Gasteiger partial charge in [-0.3, -0.25) is 19.3 Å². The first-order valence-corrected chi connectivity index (χ1v) is 5.49. The minimum absolute atomic E-state index is 0.00161. The molecule has 0 unspecified atom stereocenters. The van der Waals surface area contributed by atoms with Crippen molar-refractivity contribution in [1.29, 1.82) is 0 Å². The molecule has 0 radical (unpaired) electrons. The summed E-state index contributed by atoms with van der Waals surface area (Å²) in [6, 6.07) is 3.21. The molecular formula is C12H12N4O3. The van der Waals surface area contributed by atoms with Crippen LogP contribution >= 0.6 is 0 Å². The van der Waals surface area contributed by atoms with Crippen molar-refractivity contribution in [1.82, 2.24) is 14.8 Å². The number of nitrogens with zero attached hydrogens (tertiary/aromatic N) is 3. The van der Waals surface area contributed by atoms with Gasteiger partial charge < -0.3 is 10.1 Å². The van der Waals surface area contributed by atoms with Gasteiger partial charge in [0.05, 0.1) is 19.0 Å². The van der Waals surface area contributed by atoms with Crippen LogP contribution in [-0.2, 0) is 16.1 Å². The van der Waals surface area contributed by atoms with Gasteiger partial charge in [-0.25, -0.2) is 0 Å². The summed E-state index contributed by atoms with van der Waals surface area (Å²) >= 11 is 0. The van der Waals surface area contributed by atoms with Crippen molar-refractivity contribution < 1.29 is 14.3 Å². The number of aromatic nitrogens is 3. The summed E-state index contributed by atoms with van der Waals surface area (Å²) in [7, 11) is 1.30. The highest BCUT2D eigenvalue weighted by Crippen LogP contribution is 2.07. The third kappa shape index (κ3) is 3.38. The molecule has 0 fully saturated rings. The molecule has 0 bridgehead atoms. The second kappa shape index (κ2) is 5.76. The largest absolute Gasteiger partial charge is 0.468 e. The van der Waals surface area contributed by atoms with Gasteiger partial charge in [-0.05, 0) is 12.1 Å². The minimum atomic E-state index is -0.407. The Morgan fingerprint density at radius 3 is 2.79 bits per heavy atom. The number of carbonyl (C=O) groups excluding carboxylic acids is 2. The van der Waals surface area contributed by atoms with E-state index in [1.54, 1.807) is 18.3 Å². The van der Waals surface area contributed by atoms with E-state index in [4.69, 9.17) is 0 Å². The highest BCUT2D eigenvalue weighted by Gasteiger charge is 2.08. The molecule has 0 saturated heterocycles. The smallest absolute Gasteiger partial charge is 0.327 e. The first kappa shape index (κ1) is 12.7. The van der Waals surface area contributed by atoms with E-state index in [0.717, 1.165) is 0 Å². The molecule has 0 atom stereocenters. The number of amides is 1. The highest BCUT2D eigenvalue weighted by atomic mass is 16.5. The Bertz CT molecular complexity index is 580. The Hall–Kier alpha value is -2.70. The summed E-state index contributed by atoms with van der Waals surface area (Å²) in [5.74, 6) is -0.671. The molecule has 2 aromatic heterocycles. The van der Waals surface area contributed by atoms with E-state index >= 15 is 0 Å². The van der Waals surface area contributed by atoms with Crippen molar-refractivity contribution in [3.05, 3.63) is 42.5 Å². The van der Waals surface area contributed by atoms with E-state index in [1.165, 1.54) is 30.4 Å². The number of nitrogens with one attached hydrogen (secondary N) is 1. The molecule has 1 amide bonds. The number of ether oxygens (including phenoxy) is 1. The third-order valence-electron chi connectivity index (χ3n) is 2.35. The van der Waals surface area contributed by atoms with E-state index < -0.39 is 5.97 Å². The van der Waals surface area contributed by atoms with Crippen LogP contribution in [0.25, 0.3) is 0 Å². The van der Waals surface area contributed by atoms with Crippen molar-refractivity contribution in [2.75, 3.05) is 12.4 Å². The van der Waals surface area contributed by atoms with Crippen molar-refractivity contribution in [2.24, 2.45) is 0 Å². The topological polar surface area (TPSA) is 86.1 Å². The lowest BCUT2D eigenvalue weighted by Crippen LogP contribution is -2.12. The third-order valence-corrected chi connectivity index (χ3v) is 2.35. The van der Waals surface area contributed by atoms with Crippen LogP contribution in [0.2, 0.25) is 0 Å². The molecular weight excluding hydrogens is 248 g/mol. The predicted octanol–water partition coefficient (Wildman–Crippen LogP) is 0.703. The van der Waals surface area contributed by atoms with Crippen molar-refractivity contribution in [2.45, 2.75) is 6.54 Å². The van der Waals surface area contributed by atoms with Crippen LogP contribution in [0.5, 0.6) is 0 Å². The van der Waals surface area contributed by atoms with Gasteiger partial charge in [-0.2, -0.15) is 5.10 Å². The standard InChI is InChI=1S/C12H12N4O3/c1-19-11(17)8-16-7-10(6-14-16)15-12(18)9-2-4-13-5-3-9/h2-7H,8H2,1H3,(H,15,18). The van der Waals surface area contributed by atoms with Crippen LogP contribution in [0.1, 0.15) is 10.4 Å². The van der Waals surface area contributed by atoms with Gasteiger partial charge in [0, 0.05) is 24.2 Å². The normalized spacial score (nSPS) is 9.95. The second-order valence-corrected chi connectivity index (χ2v) is 3.69. The monoisotopic (exact) mass is 260 g/mol. The molecule has 0 aliphatic carbocycles. The number of hydrogen-bond donors (Lipinski definition) is 1. The molecule has 0 saturated carbocycles. The van der Waals surface area contributed by atoms with E-state index in [0.29, 0.717) is 11.3 Å². The molecule has 0 spiro atoms. The Morgan fingerprint density at radius 2 is 2.11 bits per heavy atom. The molecule has 19 heavy (non-hydrogen) atoms. The zero-order valence-corrected chi connectivity index (χ0v) is 10.2. The number of esters is 1. The van der Waals surface area contributed by atoms with Gasteiger partial charge in [0.15, 0.2) is 0 Å². The Labute approximate surface area is 109 Å². The summed E-state index contributed by atoms with van der Waals surface area (Å²) in [5.41, 5.74) is 1.00. The molecule has 2 aromatic rings. The first-order valence-electron chi connectivity index (χ1n) is 5.49. The van der Waals surface area contributed by atoms with Crippen LogP contribution in [0.3, 0.4) is 0 Å². The number of pyridine rings is 1. The molecule has 7 heteroatoms. The molecule has 98 valence electrons. The molecule has 1 N–H and O–H groups in total. The lowest BCUT2D eigenvalue weighted by atomic mass is 10.2. The summed E-state index contributed by atoms with van der Waals surface area (Å²) in [4.78, 5) is 26.7. The van der Waals surface area contributed by atoms with Crippen LogP contribution < -0.4 is 5.32 Å². The van der Waals surface area contributed by atoms with Crippen molar-refractivity contribution in [3.8, 4) is 0 Å². The predicted molar refractivity (Wildman–Crippen MR) is 66.4 cm³/mol. The van der Waals surface area contributed by atoms with Crippen LogP contribution in [0, 0.1) is 0 Å². The zero-order valence-electron chi connectivity index (χ0n) is 10.2. The minimum Gasteiger partial charge on any atom is -0.468 e. The van der Waals surface area contributed by atoms with Gasteiger partial charge >= 0.3 is 5.97 Å². The van der Waals surface area contributed by atoms with Crippen molar-refractivity contribution in [3.63, 3.8) is 0 Å². The van der Waals surface area contributed by atoms with Gasteiger partial charge in [0.25, 0.3) is 5.91 Å². The average molecular weight is 260 g/mol. The van der Waals surface area contributed by atoms with Gasteiger partial charge in [0.2, 0.25) is 0 Å². The van der Waals surface area contributed by atoms with Crippen LogP contribution in [0.15, 0.2) is 36.9 Å². The maximum absolute atomic E-state index is 11.8. The molecule has 0 aliphatic rings. The molecule has 7 nitrogen and oxygen atoms in total. The Kier molecular flexibility index (Phi) is 3.87. The number of methoxy groups -OCH3 is 1. The fourth-order valence-corrected chi connectivity index (χ4v) is 1.42. The van der Waals surface area contributed by atoms with Crippen LogP contribution in [0.4, 0.5) is 5.69 Å². The van der Waals surface area contributed by atoms with E-state index in [1.807, 2.05) is 0 Å². The fourth-order valence-electron chi connectivity index (χ4n) is 1.42. The SMILES string of the molecule is COC(=O)Cn1cc(NC(=O)c2ccncc2)cn1. The van der Waals surface area contributed by atoms with Crippen molar-refractivity contribution >= 4 is 17.6 Å². The lowest BCUT2D eigenvalue weighted by Gasteiger charge is -2.01. The zero-order chi connectivity index (χ0) is 13.7. The number of hydrogen-bond acceptors (Lipinski definition) is 5. The molecule has 0 aliphatic heterocycles. The second-order valence-electron chi connectivity index (χ2n) is 3.69. The highest BCUT2D eigenvalue weighted by molar-refractivity contribution is 6.03. The van der Waals surface area contributed by atoms with E-state index in [9.17, 15) is 9.59 Å². The lowest BCUT2D eigenvalue weighted by molar-refractivity contribution is -0.141. The summed E-state index contributed by atoms with van der Waals surface area (Å²) in [5, 5.41) is 6.61. The van der Waals surface area contributed by atoms with E-state index in [2.05, 4.69) is 20.1 Å². The van der Waals surface area contributed by atoms with E-state index in [-0.39, 0.29) is 12.5 Å². The average Bonchev–Trinajstić information content (AvgIpc) is 2.86. The number of anilines is 1.